The summed E-state index contributed by atoms with van der Waals surface area (Å²) in [7, 11) is 0. The molecule has 0 aromatic carbocycles. The molecule has 1 aliphatic rings. The van der Waals surface area contributed by atoms with Crippen LogP contribution >= 0.6 is 22.9 Å². The molecule has 1 aromatic rings. The summed E-state index contributed by atoms with van der Waals surface area (Å²) in [6.45, 7) is 4.49. The van der Waals surface area contributed by atoms with Crippen molar-refractivity contribution in [2.24, 2.45) is 11.8 Å². The van der Waals surface area contributed by atoms with E-state index in [1.54, 1.807) is 0 Å². The SMILES string of the molecule is Cc1ccc(C(Cl)C2CCCC2C)s1. The van der Waals surface area contributed by atoms with Gasteiger partial charge in [0, 0.05) is 9.75 Å². The number of thiophene rings is 1. The van der Waals surface area contributed by atoms with Crippen LogP contribution in [0.15, 0.2) is 12.1 Å². The van der Waals surface area contributed by atoms with E-state index < -0.39 is 0 Å². The van der Waals surface area contributed by atoms with Crippen LogP contribution in [0.25, 0.3) is 0 Å². The van der Waals surface area contributed by atoms with Gasteiger partial charge in [-0.1, -0.05) is 19.8 Å². The van der Waals surface area contributed by atoms with E-state index in [1.807, 2.05) is 11.3 Å². The Morgan fingerprint density at radius 3 is 2.71 bits per heavy atom. The van der Waals surface area contributed by atoms with E-state index >= 15 is 0 Å². The Kier molecular flexibility index (Phi) is 3.18. The molecular formula is C12H17ClS. The van der Waals surface area contributed by atoms with Gasteiger partial charge in [0.1, 0.15) is 0 Å². The van der Waals surface area contributed by atoms with Gasteiger partial charge in [0.15, 0.2) is 0 Å². The van der Waals surface area contributed by atoms with Gasteiger partial charge < -0.3 is 0 Å². The maximum Gasteiger partial charge on any atom is 0.0709 e. The molecular weight excluding hydrogens is 212 g/mol. The van der Waals surface area contributed by atoms with Crippen LogP contribution in [0.4, 0.5) is 0 Å². The molecule has 0 aliphatic heterocycles. The quantitative estimate of drug-likeness (QED) is 0.640. The molecule has 0 bridgehead atoms. The van der Waals surface area contributed by atoms with Gasteiger partial charge in [0.25, 0.3) is 0 Å². The van der Waals surface area contributed by atoms with E-state index in [0.717, 1.165) is 5.92 Å². The molecule has 1 saturated carbocycles. The van der Waals surface area contributed by atoms with Gasteiger partial charge in [-0.15, -0.1) is 22.9 Å². The molecule has 0 nitrogen and oxygen atoms in total. The molecule has 0 radical (unpaired) electrons. The lowest BCUT2D eigenvalue weighted by molar-refractivity contribution is 0.408. The molecule has 78 valence electrons. The number of hydrogen-bond donors (Lipinski definition) is 0. The van der Waals surface area contributed by atoms with Gasteiger partial charge in [-0.3, -0.25) is 0 Å². The third kappa shape index (κ3) is 1.99. The predicted molar refractivity (Wildman–Crippen MR) is 64.2 cm³/mol. The van der Waals surface area contributed by atoms with E-state index in [2.05, 4.69) is 26.0 Å². The number of hydrogen-bond acceptors (Lipinski definition) is 1. The van der Waals surface area contributed by atoms with Gasteiger partial charge in [0.2, 0.25) is 0 Å². The van der Waals surface area contributed by atoms with Crippen LogP contribution in [-0.2, 0) is 0 Å². The van der Waals surface area contributed by atoms with Crippen LogP contribution < -0.4 is 0 Å². The van der Waals surface area contributed by atoms with Gasteiger partial charge in [-0.2, -0.15) is 0 Å². The average molecular weight is 229 g/mol. The van der Waals surface area contributed by atoms with Crippen LogP contribution in [0, 0.1) is 18.8 Å². The Bertz CT molecular complexity index is 305. The summed E-state index contributed by atoms with van der Waals surface area (Å²) in [5, 5.41) is 0.256. The first kappa shape index (κ1) is 10.5. The first-order valence-corrected chi connectivity index (χ1v) is 6.64. The van der Waals surface area contributed by atoms with Crippen LogP contribution in [0.3, 0.4) is 0 Å². The van der Waals surface area contributed by atoms with Crippen molar-refractivity contribution in [2.45, 2.75) is 38.5 Å². The summed E-state index contributed by atoms with van der Waals surface area (Å²) >= 11 is 8.38. The molecule has 1 heterocycles. The Morgan fingerprint density at radius 1 is 1.43 bits per heavy atom. The smallest absolute Gasteiger partial charge is 0.0709 e. The van der Waals surface area contributed by atoms with Crippen molar-refractivity contribution in [1.82, 2.24) is 0 Å². The maximum absolute atomic E-state index is 6.53. The van der Waals surface area contributed by atoms with Crippen molar-refractivity contribution in [3.63, 3.8) is 0 Å². The highest BCUT2D eigenvalue weighted by molar-refractivity contribution is 7.12. The second-order valence-corrected chi connectivity index (χ2v) is 6.21. The Morgan fingerprint density at radius 2 is 2.21 bits per heavy atom. The number of alkyl halides is 1. The normalized spacial score (nSPS) is 29.4. The highest BCUT2D eigenvalue weighted by Crippen LogP contribution is 2.45. The molecule has 1 aromatic heterocycles. The highest BCUT2D eigenvalue weighted by atomic mass is 35.5. The van der Waals surface area contributed by atoms with Gasteiger partial charge in [0.05, 0.1) is 5.38 Å². The maximum atomic E-state index is 6.53. The average Bonchev–Trinajstić information content (AvgIpc) is 2.73. The van der Waals surface area contributed by atoms with E-state index in [4.69, 9.17) is 11.6 Å². The van der Waals surface area contributed by atoms with Crippen molar-refractivity contribution in [3.05, 3.63) is 21.9 Å². The fourth-order valence-electron chi connectivity index (χ4n) is 2.42. The van der Waals surface area contributed by atoms with E-state index in [0.29, 0.717) is 5.92 Å². The number of halogens is 1. The van der Waals surface area contributed by atoms with Crippen LogP contribution in [0.1, 0.15) is 41.3 Å². The zero-order chi connectivity index (χ0) is 10.1. The molecule has 0 amide bonds. The predicted octanol–water partition coefficient (Wildman–Crippen LogP) is 4.77. The van der Waals surface area contributed by atoms with Crippen LogP contribution in [0.5, 0.6) is 0 Å². The summed E-state index contributed by atoms with van der Waals surface area (Å²) in [6.07, 6.45) is 4.03. The second-order valence-electron chi connectivity index (χ2n) is 4.42. The van der Waals surface area contributed by atoms with Crippen molar-refractivity contribution in [3.8, 4) is 0 Å². The molecule has 3 unspecified atom stereocenters. The highest BCUT2D eigenvalue weighted by Gasteiger charge is 2.31. The van der Waals surface area contributed by atoms with E-state index in [1.165, 1.54) is 29.0 Å². The Balaban J connectivity index is 2.11. The fourth-order valence-corrected chi connectivity index (χ4v) is 3.93. The van der Waals surface area contributed by atoms with Crippen molar-refractivity contribution in [1.29, 1.82) is 0 Å². The van der Waals surface area contributed by atoms with Gasteiger partial charge in [-0.25, -0.2) is 0 Å². The molecule has 0 N–H and O–H groups in total. The monoisotopic (exact) mass is 228 g/mol. The van der Waals surface area contributed by atoms with Gasteiger partial charge >= 0.3 is 0 Å². The lowest BCUT2D eigenvalue weighted by Gasteiger charge is -2.20. The third-order valence-corrected chi connectivity index (χ3v) is 5.11. The first-order chi connectivity index (χ1) is 6.68. The summed E-state index contributed by atoms with van der Waals surface area (Å²) in [5.74, 6) is 1.51. The van der Waals surface area contributed by atoms with Crippen molar-refractivity contribution < 1.29 is 0 Å². The lowest BCUT2D eigenvalue weighted by Crippen LogP contribution is -2.09. The third-order valence-electron chi connectivity index (χ3n) is 3.34. The van der Waals surface area contributed by atoms with E-state index in [9.17, 15) is 0 Å². The Labute approximate surface area is 95.3 Å². The summed E-state index contributed by atoms with van der Waals surface area (Å²) in [5.41, 5.74) is 0. The minimum Gasteiger partial charge on any atom is -0.144 e. The van der Waals surface area contributed by atoms with Crippen molar-refractivity contribution in [2.75, 3.05) is 0 Å². The largest absolute Gasteiger partial charge is 0.144 e. The standard InChI is InChI=1S/C12H17ClS/c1-8-4-3-5-10(8)12(13)11-7-6-9(2)14-11/h6-8,10,12H,3-5H2,1-2H3. The minimum atomic E-state index is 0.256. The molecule has 2 heteroatoms. The summed E-state index contributed by atoms with van der Waals surface area (Å²) < 4.78 is 0. The zero-order valence-electron chi connectivity index (χ0n) is 8.79. The first-order valence-electron chi connectivity index (χ1n) is 5.39. The number of rotatable bonds is 2. The topological polar surface area (TPSA) is 0 Å². The molecule has 1 fully saturated rings. The Hall–Kier alpha value is -0.0100. The number of aryl methyl sites for hydroxylation is 1. The summed E-state index contributed by atoms with van der Waals surface area (Å²) in [4.78, 5) is 2.74. The van der Waals surface area contributed by atoms with Crippen LogP contribution in [-0.4, -0.2) is 0 Å². The summed E-state index contributed by atoms with van der Waals surface area (Å²) in [6, 6.07) is 4.37. The van der Waals surface area contributed by atoms with E-state index in [-0.39, 0.29) is 5.38 Å². The van der Waals surface area contributed by atoms with Crippen LogP contribution in [0.2, 0.25) is 0 Å². The second kappa shape index (κ2) is 4.24. The molecule has 2 rings (SSSR count). The lowest BCUT2D eigenvalue weighted by atomic mass is 9.93. The fraction of sp³-hybridized carbons (Fsp3) is 0.667. The minimum absolute atomic E-state index is 0.256. The molecule has 3 atom stereocenters. The van der Waals surface area contributed by atoms with Crippen molar-refractivity contribution >= 4 is 22.9 Å². The molecule has 0 spiro atoms. The van der Waals surface area contributed by atoms with Gasteiger partial charge in [-0.05, 0) is 37.3 Å². The zero-order valence-corrected chi connectivity index (χ0v) is 10.4. The molecule has 14 heavy (non-hydrogen) atoms. The molecule has 1 aliphatic carbocycles. The molecule has 0 saturated heterocycles.